The van der Waals surface area contributed by atoms with Crippen molar-refractivity contribution < 1.29 is 9.47 Å². The van der Waals surface area contributed by atoms with E-state index in [2.05, 4.69) is 40.4 Å². The predicted molar refractivity (Wildman–Crippen MR) is 103 cm³/mol. The highest BCUT2D eigenvalue weighted by atomic mass is 16.7. The Kier molecular flexibility index (Phi) is 5.34. The number of likely N-dealkylation sites (N-methyl/N-ethyl adjacent to an activating group) is 1. The topological polar surface area (TPSA) is 37.0 Å². The molecule has 0 saturated carbocycles. The van der Waals surface area contributed by atoms with Crippen molar-refractivity contribution >= 4 is 0 Å². The molecule has 0 amide bonds. The number of fused-ring (bicyclic) bond motifs is 1. The van der Waals surface area contributed by atoms with Gasteiger partial charge < -0.3 is 19.7 Å². The smallest absolute Gasteiger partial charge is 0.231 e. The fourth-order valence-corrected chi connectivity index (χ4v) is 3.96. The van der Waals surface area contributed by atoms with Crippen LogP contribution in [0.3, 0.4) is 0 Å². The van der Waals surface area contributed by atoms with Crippen LogP contribution in [0.5, 0.6) is 11.5 Å². The minimum absolute atomic E-state index is 0.328. The van der Waals surface area contributed by atoms with Crippen LogP contribution in [-0.2, 0) is 6.54 Å². The monoisotopic (exact) mass is 355 g/mol. The molecule has 0 atom stereocenters. The maximum atomic E-state index is 5.64. The molecule has 0 aromatic heterocycles. The summed E-state index contributed by atoms with van der Waals surface area (Å²) in [5, 5.41) is 3.62. The minimum atomic E-state index is 0.328. The Balaban J connectivity index is 1.42. The second-order valence-corrected chi connectivity index (χ2v) is 7.39. The molecule has 3 aliphatic heterocycles. The lowest BCUT2D eigenvalue weighted by atomic mass is 10.1. The Labute approximate surface area is 156 Å². The number of piperidine rings is 1. The quantitative estimate of drug-likeness (QED) is 0.878. The molecule has 1 fully saturated rings. The van der Waals surface area contributed by atoms with Gasteiger partial charge in [-0.15, -0.1) is 0 Å². The van der Waals surface area contributed by atoms with Crippen molar-refractivity contribution in [3.05, 3.63) is 47.3 Å². The number of benzene rings is 1. The third-order valence-electron chi connectivity index (χ3n) is 5.25. The van der Waals surface area contributed by atoms with E-state index < -0.39 is 0 Å². The van der Waals surface area contributed by atoms with Gasteiger partial charge in [-0.25, -0.2) is 0 Å². The molecule has 0 radical (unpaired) electrons. The van der Waals surface area contributed by atoms with Crippen LogP contribution in [0.15, 0.2) is 41.7 Å². The first-order chi connectivity index (χ1) is 12.8. The second-order valence-electron chi connectivity index (χ2n) is 7.39. The Morgan fingerprint density at radius 1 is 1.12 bits per heavy atom. The van der Waals surface area contributed by atoms with Crippen molar-refractivity contribution in [2.75, 3.05) is 40.0 Å². The molecule has 3 heterocycles. The number of hydrogen-bond donors (Lipinski definition) is 1. The van der Waals surface area contributed by atoms with Crippen LogP contribution in [-0.4, -0.2) is 49.8 Å². The average molecular weight is 355 g/mol. The largest absolute Gasteiger partial charge is 0.454 e. The zero-order valence-electron chi connectivity index (χ0n) is 15.7. The Morgan fingerprint density at radius 3 is 2.88 bits per heavy atom. The molecule has 3 aliphatic rings. The van der Waals surface area contributed by atoms with Crippen molar-refractivity contribution in [1.82, 2.24) is 15.1 Å². The summed E-state index contributed by atoms with van der Waals surface area (Å²) in [7, 11) is 2.17. The highest BCUT2D eigenvalue weighted by Crippen LogP contribution is 2.35. The van der Waals surface area contributed by atoms with E-state index in [1.54, 1.807) is 0 Å². The molecule has 0 aliphatic carbocycles. The van der Waals surface area contributed by atoms with Gasteiger partial charge in [0.1, 0.15) is 5.82 Å². The summed E-state index contributed by atoms with van der Waals surface area (Å²) in [4.78, 5) is 4.86. The summed E-state index contributed by atoms with van der Waals surface area (Å²) < 4.78 is 11.1. The Bertz CT molecular complexity index is 692. The van der Waals surface area contributed by atoms with Crippen LogP contribution in [0, 0.1) is 0 Å². The van der Waals surface area contributed by atoms with Crippen LogP contribution in [0.4, 0.5) is 0 Å². The van der Waals surface area contributed by atoms with Gasteiger partial charge in [0.05, 0.1) is 0 Å². The van der Waals surface area contributed by atoms with Crippen LogP contribution in [0.2, 0.25) is 0 Å². The van der Waals surface area contributed by atoms with Gasteiger partial charge in [0.25, 0.3) is 0 Å². The molecule has 5 heteroatoms. The molecule has 26 heavy (non-hydrogen) atoms. The SMILES string of the molecule is CN(CC1=CCCNC(N2CCCCC2)=C1)Cc1cccc2c1OCO2. The highest BCUT2D eigenvalue weighted by molar-refractivity contribution is 5.48. The Morgan fingerprint density at radius 2 is 2.00 bits per heavy atom. The van der Waals surface area contributed by atoms with Gasteiger partial charge in [-0.05, 0) is 50.4 Å². The van der Waals surface area contributed by atoms with Crippen molar-refractivity contribution in [1.29, 1.82) is 0 Å². The third kappa shape index (κ3) is 3.98. The zero-order valence-corrected chi connectivity index (χ0v) is 15.7. The van der Waals surface area contributed by atoms with Crippen molar-refractivity contribution in [3.63, 3.8) is 0 Å². The van der Waals surface area contributed by atoms with Crippen molar-refractivity contribution in [3.8, 4) is 11.5 Å². The molecule has 140 valence electrons. The Hall–Kier alpha value is -2.14. The molecule has 1 aromatic carbocycles. The molecule has 4 rings (SSSR count). The number of rotatable bonds is 5. The van der Waals surface area contributed by atoms with Crippen molar-refractivity contribution in [2.24, 2.45) is 0 Å². The maximum Gasteiger partial charge on any atom is 0.231 e. The first kappa shape index (κ1) is 17.3. The number of hydrogen-bond acceptors (Lipinski definition) is 5. The molecular weight excluding hydrogens is 326 g/mol. The summed E-state index contributed by atoms with van der Waals surface area (Å²) >= 11 is 0. The zero-order chi connectivity index (χ0) is 17.8. The number of para-hydroxylation sites is 1. The number of nitrogens with one attached hydrogen (secondary N) is 1. The second kappa shape index (κ2) is 8.04. The van der Waals surface area contributed by atoms with Gasteiger partial charge in [0.15, 0.2) is 11.5 Å². The standard InChI is InChI=1S/C21H29N3O2/c1-23(15-18-8-5-9-19-21(18)26-16-25-19)14-17-7-6-10-22-20(13-17)24-11-3-2-4-12-24/h5,7-9,13,22H,2-4,6,10-12,14-16H2,1H3. The van der Waals surface area contributed by atoms with Gasteiger partial charge in [-0.3, -0.25) is 4.90 Å². The van der Waals surface area contributed by atoms with Gasteiger partial charge in [0, 0.05) is 38.3 Å². The first-order valence-electron chi connectivity index (χ1n) is 9.75. The normalized spacial score (nSPS) is 19.7. The van der Waals surface area contributed by atoms with Crippen molar-refractivity contribution in [2.45, 2.75) is 32.2 Å². The summed E-state index contributed by atoms with van der Waals surface area (Å²) in [6, 6.07) is 6.14. The van der Waals surface area contributed by atoms with E-state index in [4.69, 9.17) is 9.47 Å². The predicted octanol–water partition coefficient (Wildman–Crippen LogP) is 3.09. The lowest BCUT2D eigenvalue weighted by Crippen LogP contribution is -2.35. The van der Waals surface area contributed by atoms with Gasteiger partial charge in [0.2, 0.25) is 6.79 Å². The summed E-state index contributed by atoms with van der Waals surface area (Å²) in [5.74, 6) is 3.07. The van der Waals surface area contributed by atoms with Crippen LogP contribution < -0.4 is 14.8 Å². The van der Waals surface area contributed by atoms with Crippen LogP contribution in [0.25, 0.3) is 0 Å². The molecule has 0 unspecified atom stereocenters. The van der Waals surface area contributed by atoms with E-state index in [9.17, 15) is 0 Å². The minimum Gasteiger partial charge on any atom is -0.454 e. The van der Waals surface area contributed by atoms with Crippen LogP contribution in [0.1, 0.15) is 31.2 Å². The fraction of sp³-hybridized carbons (Fsp3) is 0.524. The van der Waals surface area contributed by atoms with E-state index in [-0.39, 0.29) is 0 Å². The average Bonchev–Trinajstić information content (AvgIpc) is 3.03. The molecule has 1 saturated heterocycles. The van der Waals surface area contributed by atoms with E-state index in [1.807, 2.05) is 12.1 Å². The van der Waals surface area contributed by atoms with Gasteiger partial charge in [-0.1, -0.05) is 18.2 Å². The molecule has 0 spiro atoms. The number of nitrogens with zero attached hydrogens (tertiary/aromatic N) is 2. The van der Waals surface area contributed by atoms with E-state index in [0.29, 0.717) is 6.79 Å². The molecular formula is C21H29N3O2. The fourth-order valence-electron chi connectivity index (χ4n) is 3.96. The number of likely N-dealkylation sites (tertiary alicyclic amines) is 1. The molecule has 1 N–H and O–H groups in total. The van der Waals surface area contributed by atoms with Gasteiger partial charge >= 0.3 is 0 Å². The highest BCUT2D eigenvalue weighted by Gasteiger charge is 2.19. The summed E-state index contributed by atoms with van der Waals surface area (Å²) in [5.41, 5.74) is 2.58. The van der Waals surface area contributed by atoms with E-state index in [1.165, 1.54) is 49.3 Å². The van der Waals surface area contributed by atoms with E-state index in [0.717, 1.165) is 37.6 Å². The van der Waals surface area contributed by atoms with Crippen LogP contribution >= 0.6 is 0 Å². The summed E-state index contributed by atoms with van der Waals surface area (Å²) in [6.07, 6.45) is 9.77. The van der Waals surface area contributed by atoms with E-state index >= 15 is 0 Å². The third-order valence-corrected chi connectivity index (χ3v) is 5.25. The molecule has 1 aromatic rings. The lowest BCUT2D eigenvalue weighted by Gasteiger charge is -2.31. The van der Waals surface area contributed by atoms with Gasteiger partial charge in [-0.2, -0.15) is 0 Å². The first-order valence-corrected chi connectivity index (χ1v) is 9.75. The molecule has 0 bridgehead atoms. The maximum absolute atomic E-state index is 5.64. The lowest BCUT2D eigenvalue weighted by molar-refractivity contribution is 0.172. The number of ether oxygens (including phenoxy) is 2. The molecule has 5 nitrogen and oxygen atoms in total. The summed E-state index contributed by atoms with van der Waals surface area (Å²) in [6.45, 7) is 5.49.